The predicted molar refractivity (Wildman–Crippen MR) is 72.8 cm³/mol. The lowest BCUT2D eigenvalue weighted by Gasteiger charge is -2.17. The van der Waals surface area contributed by atoms with E-state index < -0.39 is 0 Å². The number of hydrogen-bond acceptors (Lipinski definition) is 3. The molecule has 1 unspecified atom stereocenters. The van der Waals surface area contributed by atoms with Gasteiger partial charge in [-0.3, -0.25) is 5.84 Å². The van der Waals surface area contributed by atoms with Crippen molar-refractivity contribution >= 4 is 0 Å². The first-order chi connectivity index (χ1) is 8.74. The number of aryl methyl sites for hydroxylation is 2. The first kappa shape index (κ1) is 12.8. The Bertz CT molecular complexity index is 487. The third-order valence-electron chi connectivity index (χ3n) is 3.16. The van der Waals surface area contributed by atoms with Gasteiger partial charge in [-0.05, 0) is 25.8 Å². The fourth-order valence-corrected chi connectivity index (χ4v) is 2.08. The zero-order chi connectivity index (χ0) is 13.0. The monoisotopic (exact) mass is 244 g/mol. The molecule has 0 aliphatic carbocycles. The van der Waals surface area contributed by atoms with Crippen molar-refractivity contribution in [1.29, 1.82) is 0 Å². The van der Waals surface area contributed by atoms with Crippen LogP contribution in [-0.4, -0.2) is 9.55 Å². The zero-order valence-corrected chi connectivity index (χ0v) is 10.9. The maximum atomic E-state index is 5.66. The Hall–Kier alpha value is -1.65. The lowest BCUT2D eigenvalue weighted by atomic mass is 10.0. The highest BCUT2D eigenvalue weighted by Crippen LogP contribution is 2.16. The van der Waals surface area contributed by atoms with Crippen molar-refractivity contribution in [3.05, 3.63) is 53.6 Å². The molecule has 3 N–H and O–H groups in total. The highest BCUT2D eigenvalue weighted by Gasteiger charge is 2.15. The lowest BCUT2D eigenvalue weighted by Crippen LogP contribution is -2.31. The third kappa shape index (κ3) is 2.78. The van der Waals surface area contributed by atoms with E-state index in [0.717, 1.165) is 18.8 Å². The number of benzene rings is 1. The van der Waals surface area contributed by atoms with Gasteiger partial charge in [-0.1, -0.05) is 29.8 Å². The molecule has 2 rings (SSSR count). The van der Waals surface area contributed by atoms with Gasteiger partial charge in [-0.25, -0.2) is 10.4 Å². The van der Waals surface area contributed by atoms with Crippen LogP contribution >= 0.6 is 0 Å². The van der Waals surface area contributed by atoms with Crippen LogP contribution in [0.2, 0.25) is 0 Å². The number of nitrogens with two attached hydrogens (primary N) is 1. The number of aromatic nitrogens is 2. The quantitative estimate of drug-likeness (QED) is 0.624. The summed E-state index contributed by atoms with van der Waals surface area (Å²) in [5.41, 5.74) is 5.39. The SMILES string of the molecule is CCn1ccnc1C(Cc1ccc(C)cc1)NN. The molecule has 0 spiro atoms. The van der Waals surface area contributed by atoms with E-state index in [1.165, 1.54) is 11.1 Å². The molecule has 0 radical (unpaired) electrons. The van der Waals surface area contributed by atoms with E-state index in [-0.39, 0.29) is 6.04 Å². The van der Waals surface area contributed by atoms with Gasteiger partial charge in [0.15, 0.2) is 0 Å². The number of imidazole rings is 1. The molecule has 0 fully saturated rings. The van der Waals surface area contributed by atoms with Crippen molar-refractivity contribution in [2.75, 3.05) is 0 Å². The van der Waals surface area contributed by atoms with Gasteiger partial charge < -0.3 is 4.57 Å². The average Bonchev–Trinajstić information content (AvgIpc) is 2.86. The smallest absolute Gasteiger partial charge is 0.127 e. The largest absolute Gasteiger partial charge is 0.334 e. The van der Waals surface area contributed by atoms with Gasteiger partial charge in [0.2, 0.25) is 0 Å². The molecule has 1 heterocycles. The van der Waals surface area contributed by atoms with Gasteiger partial charge >= 0.3 is 0 Å². The van der Waals surface area contributed by atoms with Crippen molar-refractivity contribution in [2.24, 2.45) is 5.84 Å². The molecular formula is C14H20N4. The average molecular weight is 244 g/mol. The number of nitrogens with zero attached hydrogens (tertiary/aromatic N) is 2. The summed E-state index contributed by atoms with van der Waals surface area (Å²) in [4.78, 5) is 4.39. The molecule has 1 aromatic heterocycles. The third-order valence-corrected chi connectivity index (χ3v) is 3.16. The lowest BCUT2D eigenvalue weighted by molar-refractivity contribution is 0.496. The first-order valence-corrected chi connectivity index (χ1v) is 6.27. The molecule has 1 atom stereocenters. The van der Waals surface area contributed by atoms with Gasteiger partial charge in [0, 0.05) is 18.9 Å². The van der Waals surface area contributed by atoms with Crippen LogP contribution in [-0.2, 0) is 13.0 Å². The fraction of sp³-hybridized carbons (Fsp3) is 0.357. The normalized spacial score (nSPS) is 12.6. The van der Waals surface area contributed by atoms with Crippen molar-refractivity contribution in [2.45, 2.75) is 32.9 Å². The minimum atomic E-state index is 0.0441. The molecule has 4 heteroatoms. The Kier molecular flexibility index (Phi) is 4.12. The molecule has 0 saturated heterocycles. The molecule has 1 aromatic carbocycles. The maximum Gasteiger partial charge on any atom is 0.127 e. The second kappa shape index (κ2) is 5.80. The van der Waals surface area contributed by atoms with E-state index in [9.17, 15) is 0 Å². The minimum absolute atomic E-state index is 0.0441. The van der Waals surface area contributed by atoms with Gasteiger partial charge in [0.25, 0.3) is 0 Å². The molecule has 0 aliphatic heterocycles. The Morgan fingerprint density at radius 3 is 2.67 bits per heavy atom. The van der Waals surface area contributed by atoms with Crippen molar-refractivity contribution in [3.63, 3.8) is 0 Å². The van der Waals surface area contributed by atoms with Crippen LogP contribution in [0.3, 0.4) is 0 Å². The molecule has 4 nitrogen and oxygen atoms in total. The fourth-order valence-electron chi connectivity index (χ4n) is 2.08. The Morgan fingerprint density at radius 2 is 2.06 bits per heavy atom. The van der Waals surface area contributed by atoms with Gasteiger partial charge in [-0.15, -0.1) is 0 Å². The van der Waals surface area contributed by atoms with Crippen molar-refractivity contribution in [1.82, 2.24) is 15.0 Å². The van der Waals surface area contributed by atoms with Gasteiger partial charge in [0.1, 0.15) is 5.82 Å². The molecule has 18 heavy (non-hydrogen) atoms. The van der Waals surface area contributed by atoms with E-state index in [4.69, 9.17) is 5.84 Å². The summed E-state index contributed by atoms with van der Waals surface area (Å²) in [6.45, 7) is 5.10. The van der Waals surface area contributed by atoms with E-state index in [2.05, 4.69) is 53.1 Å². The van der Waals surface area contributed by atoms with Crippen LogP contribution in [0.5, 0.6) is 0 Å². The zero-order valence-electron chi connectivity index (χ0n) is 10.9. The van der Waals surface area contributed by atoms with Crippen LogP contribution in [0.1, 0.15) is 29.9 Å². The molecule has 0 aliphatic rings. The number of rotatable bonds is 5. The Morgan fingerprint density at radius 1 is 1.33 bits per heavy atom. The molecule has 2 aromatic rings. The summed E-state index contributed by atoms with van der Waals surface area (Å²) < 4.78 is 2.11. The second-order valence-corrected chi connectivity index (χ2v) is 4.48. The predicted octanol–water partition coefficient (Wildman–Crippen LogP) is 1.96. The second-order valence-electron chi connectivity index (χ2n) is 4.48. The van der Waals surface area contributed by atoms with Gasteiger partial charge in [0.05, 0.1) is 6.04 Å². The van der Waals surface area contributed by atoms with Gasteiger partial charge in [-0.2, -0.15) is 0 Å². The van der Waals surface area contributed by atoms with Crippen LogP contribution < -0.4 is 11.3 Å². The van der Waals surface area contributed by atoms with Crippen molar-refractivity contribution in [3.8, 4) is 0 Å². The van der Waals surface area contributed by atoms with E-state index in [1.807, 2.05) is 12.4 Å². The van der Waals surface area contributed by atoms with E-state index >= 15 is 0 Å². The topological polar surface area (TPSA) is 55.9 Å². The highest BCUT2D eigenvalue weighted by atomic mass is 15.3. The summed E-state index contributed by atoms with van der Waals surface area (Å²) in [6, 6.07) is 8.56. The molecule has 0 bridgehead atoms. The number of hydrogen-bond donors (Lipinski definition) is 2. The highest BCUT2D eigenvalue weighted by molar-refractivity contribution is 5.23. The van der Waals surface area contributed by atoms with E-state index in [0.29, 0.717) is 0 Å². The van der Waals surface area contributed by atoms with Crippen LogP contribution in [0.4, 0.5) is 0 Å². The maximum absolute atomic E-state index is 5.66. The van der Waals surface area contributed by atoms with Crippen LogP contribution in [0.15, 0.2) is 36.7 Å². The van der Waals surface area contributed by atoms with Crippen LogP contribution in [0.25, 0.3) is 0 Å². The summed E-state index contributed by atoms with van der Waals surface area (Å²) in [5, 5.41) is 0. The summed E-state index contributed by atoms with van der Waals surface area (Å²) >= 11 is 0. The van der Waals surface area contributed by atoms with Crippen LogP contribution in [0, 0.1) is 6.92 Å². The molecule has 96 valence electrons. The standard InChI is InChI=1S/C14H20N4/c1-3-18-9-8-16-14(18)13(17-15)10-12-6-4-11(2)5-7-12/h4-9,13,17H,3,10,15H2,1-2H3. The molecular weight excluding hydrogens is 224 g/mol. The number of nitrogens with one attached hydrogen (secondary N) is 1. The Labute approximate surface area is 108 Å². The Balaban J connectivity index is 2.17. The number of hydrazine groups is 1. The molecule has 0 saturated carbocycles. The van der Waals surface area contributed by atoms with E-state index in [1.54, 1.807) is 0 Å². The summed E-state index contributed by atoms with van der Waals surface area (Å²) in [6.07, 6.45) is 4.64. The minimum Gasteiger partial charge on any atom is -0.334 e. The van der Waals surface area contributed by atoms with Crippen molar-refractivity contribution < 1.29 is 0 Å². The first-order valence-electron chi connectivity index (χ1n) is 6.27. The summed E-state index contributed by atoms with van der Waals surface area (Å²) in [5.74, 6) is 6.65. The summed E-state index contributed by atoms with van der Waals surface area (Å²) in [7, 11) is 0. The molecule has 0 amide bonds.